The van der Waals surface area contributed by atoms with Gasteiger partial charge < -0.3 is 4.90 Å². The molecule has 0 amide bonds. The second kappa shape index (κ2) is 6.23. The molecule has 2 heterocycles. The number of aromatic nitrogens is 1. The Kier molecular flexibility index (Phi) is 4.14. The monoisotopic (exact) mass is 319 g/mol. The molecule has 3 nitrogen and oxygen atoms in total. The number of hydrogen-bond donors (Lipinski definition) is 0. The average molecular weight is 319 g/mol. The topological polar surface area (TPSA) is 39.9 Å². The summed E-state index contributed by atoms with van der Waals surface area (Å²) >= 11 is 1.64. The lowest BCUT2D eigenvalue weighted by atomic mass is 10.0. The zero-order valence-electron chi connectivity index (χ0n) is 13.4. The van der Waals surface area contributed by atoms with Crippen LogP contribution in [0, 0.1) is 18.3 Å². The third-order valence-corrected chi connectivity index (χ3v) is 4.68. The van der Waals surface area contributed by atoms with E-state index < -0.39 is 0 Å². The third kappa shape index (κ3) is 2.96. The van der Waals surface area contributed by atoms with Gasteiger partial charge in [-0.2, -0.15) is 5.26 Å². The maximum atomic E-state index is 9.47. The molecule has 0 aliphatic carbocycles. The van der Waals surface area contributed by atoms with Gasteiger partial charge in [0.15, 0.2) is 0 Å². The molecule has 0 atom stereocenters. The van der Waals surface area contributed by atoms with E-state index in [2.05, 4.69) is 40.2 Å². The molecular formula is C19H17N3S. The Hall–Kier alpha value is -2.64. The van der Waals surface area contributed by atoms with Crippen molar-refractivity contribution in [1.29, 1.82) is 5.26 Å². The number of benzene rings is 1. The van der Waals surface area contributed by atoms with E-state index in [1.807, 2.05) is 44.6 Å². The molecule has 3 rings (SSSR count). The molecule has 2 aromatic heterocycles. The molecule has 4 heteroatoms. The fourth-order valence-corrected chi connectivity index (χ4v) is 3.27. The molecule has 0 saturated carbocycles. The summed E-state index contributed by atoms with van der Waals surface area (Å²) in [5, 5.41) is 11.5. The number of hydrogen-bond acceptors (Lipinski definition) is 4. The van der Waals surface area contributed by atoms with E-state index in [0.717, 1.165) is 33.1 Å². The van der Waals surface area contributed by atoms with Gasteiger partial charge in [0.25, 0.3) is 0 Å². The molecule has 0 radical (unpaired) electrons. The van der Waals surface area contributed by atoms with Crippen LogP contribution in [0.4, 0.5) is 5.69 Å². The van der Waals surface area contributed by atoms with Crippen molar-refractivity contribution in [1.82, 2.24) is 4.98 Å². The van der Waals surface area contributed by atoms with E-state index >= 15 is 0 Å². The molecule has 0 spiro atoms. The van der Waals surface area contributed by atoms with Crippen LogP contribution < -0.4 is 4.90 Å². The van der Waals surface area contributed by atoms with Crippen molar-refractivity contribution in [2.45, 2.75) is 6.92 Å². The van der Waals surface area contributed by atoms with Gasteiger partial charge in [-0.05, 0) is 36.6 Å². The van der Waals surface area contributed by atoms with E-state index in [-0.39, 0.29) is 0 Å². The summed E-state index contributed by atoms with van der Waals surface area (Å²) < 4.78 is 0. The fourth-order valence-electron chi connectivity index (χ4n) is 2.52. The van der Waals surface area contributed by atoms with E-state index in [9.17, 15) is 5.26 Å². The maximum Gasteiger partial charge on any atom is 0.102 e. The van der Waals surface area contributed by atoms with Gasteiger partial charge in [-0.15, -0.1) is 11.3 Å². The van der Waals surface area contributed by atoms with Crippen molar-refractivity contribution in [3.63, 3.8) is 0 Å². The van der Waals surface area contributed by atoms with Gasteiger partial charge in [-0.1, -0.05) is 18.2 Å². The van der Waals surface area contributed by atoms with Crippen LogP contribution in [0.1, 0.15) is 11.3 Å². The van der Waals surface area contributed by atoms with E-state index in [1.165, 1.54) is 0 Å². The molecule has 0 unspecified atom stereocenters. The molecule has 1 aromatic carbocycles. The van der Waals surface area contributed by atoms with Crippen molar-refractivity contribution in [2.75, 3.05) is 19.0 Å². The molecule has 114 valence electrons. The Balaban J connectivity index is 2.12. The molecule has 0 fully saturated rings. The van der Waals surface area contributed by atoms with Crippen LogP contribution in [0.5, 0.6) is 0 Å². The third-order valence-electron chi connectivity index (χ3n) is 3.78. The highest BCUT2D eigenvalue weighted by molar-refractivity contribution is 7.13. The molecule has 0 N–H and O–H groups in total. The zero-order chi connectivity index (χ0) is 16.4. The first kappa shape index (κ1) is 15.3. The molecule has 0 saturated heterocycles. The lowest BCUT2D eigenvalue weighted by Crippen LogP contribution is -2.08. The molecule has 3 aromatic rings. The minimum atomic E-state index is 0.654. The summed E-state index contributed by atoms with van der Waals surface area (Å²) in [4.78, 5) is 7.79. The Labute approximate surface area is 140 Å². The van der Waals surface area contributed by atoms with E-state index in [0.29, 0.717) is 5.56 Å². The lowest BCUT2D eigenvalue weighted by Gasteiger charge is -2.13. The predicted molar refractivity (Wildman–Crippen MR) is 96.8 cm³/mol. The van der Waals surface area contributed by atoms with E-state index in [1.54, 1.807) is 11.3 Å². The highest BCUT2D eigenvalue weighted by atomic mass is 32.1. The number of thiophene rings is 1. The molecule has 0 aliphatic rings. The second-order valence-electron chi connectivity index (χ2n) is 5.55. The summed E-state index contributed by atoms with van der Waals surface area (Å²) in [6.45, 7) is 1.90. The van der Waals surface area contributed by atoms with Crippen LogP contribution >= 0.6 is 11.3 Å². The zero-order valence-corrected chi connectivity index (χ0v) is 14.2. The molecule has 0 bridgehead atoms. The number of anilines is 1. The number of nitriles is 1. The van der Waals surface area contributed by atoms with Crippen LogP contribution in [0.3, 0.4) is 0 Å². The smallest absolute Gasteiger partial charge is 0.102 e. The van der Waals surface area contributed by atoms with Gasteiger partial charge in [-0.3, -0.25) is 4.98 Å². The van der Waals surface area contributed by atoms with Crippen molar-refractivity contribution in [2.24, 2.45) is 0 Å². The highest BCUT2D eigenvalue weighted by Gasteiger charge is 2.13. The summed E-state index contributed by atoms with van der Waals surface area (Å²) in [5.41, 5.74) is 5.49. The fraction of sp³-hybridized carbons (Fsp3) is 0.158. The second-order valence-corrected chi connectivity index (χ2v) is 6.49. The Morgan fingerprint density at radius 3 is 2.43 bits per heavy atom. The molecule has 0 aliphatic heterocycles. The van der Waals surface area contributed by atoms with Crippen molar-refractivity contribution in [3.05, 3.63) is 59.1 Å². The van der Waals surface area contributed by atoms with E-state index in [4.69, 9.17) is 0 Å². The predicted octanol–water partition coefficient (Wildman–Crippen LogP) is 4.72. The van der Waals surface area contributed by atoms with Crippen LogP contribution in [-0.4, -0.2) is 19.1 Å². The van der Waals surface area contributed by atoms with Crippen LogP contribution in [0.2, 0.25) is 0 Å². The lowest BCUT2D eigenvalue weighted by molar-refractivity contribution is 1.13. The quantitative estimate of drug-likeness (QED) is 0.701. The maximum absolute atomic E-state index is 9.47. The molecular weight excluding hydrogens is 302 g/mol. The summed E-state index contributed by atoms with van der Waals surface area (Å²) in [6.07, 6.45) is 0. The number of aryl methyl sites for hydroxylation is 1. The highest BCUT2D eigenvalue weighted by Crippen LogP contribution is 2.32. The first-order chi connectivity index (χ1) is 11.1. The van der Waals surface area contributed by atoms with Gasteiger partial charge in [0, 0.05) is 35.8 Å². The van der Waals surface area contributed by atoms with Crippen molar-refractivity contribution in [3.8, 4) is 27.8 Å². The standard InChI is InChI=1S/C19H17N3S/c1-13-17(12-20)16(19-5-4-10-23-19)11-18(21-13)14-6-8-15(9-7-14)22(2)3/h4-11H,1-3H3. The minimum absolute atomic E-state index is 0.654. The number of nitrogens with zero attached hydrogens (tertiary/aromatic N) is 3. The van der Waals surface area contributed by atoms with Gasteiger partial charge in [0.05, 0.1) is 17.0 Å². The Morgan fingerprint density at radius 2 is 1.87 bits per heavy atom. The average Bonchev–Trinajstić information content (AvgIpc) is 3.08. The van der Waals surface area contributed by atoms with Gasteiger partial charge in [0.2, 0.25) is 0 Å². The summed E-state index contributed by atoms with van der Waals surface area (Å²) in [7, 11) is 4.04. The summed E-state index contributed by atoms with van der Waals surface area (Å²) in [5.74, 6) is 0. The largest absolute Gasteiger partial charge is 0.378 e. The summed E-state index contributed by atoms with van der Waals surface area (Å²) in [6, 6.07) is 16.7. The van der Waals surface area contributed by atoms with Crippen LogP contribution in [0.25, 0.3) is 21.7 Å². The Morgan fingerprint density at radius 1 is 1.13 bits per heavy atom. The minimum Gasteiger partial charge on any atom is -0.378 e. The number of rotatable bonds is 3. The van der Waals surface area contributed by atoms with Crippen molar-refractivity contribution < 1.29 is 0 Å². The number of pyridine rings is 1. The first-order valence-electron chi connectivity index (χ1n) is 7.33. The normalized spacial score (nSPS) is 10.3. The molecule has 23 heavy (non-hydrogen) atoms. The van der Waals surface area contributed by atoms with Crippen molar-refractivity contribution >= 4 is 17.0 Å². The Bertz CT molecular complexity index is 857. The van der Waals surface area contributed by atoms with Gasteiger partial charge in [0.1, 0.15) is 6.07 Å². The SMILES string of the molecule is Cc1nc(-c2ccc(N(C)C)cc2)cc(-c2cccs2)c1C#N. The van der Waals surface area contributed by atoms with Crippen LogP contribution in [0.15, 0.2) is 47.8 Å². The van der Waals surface area contributed by atoms with Gasteiger partial charge in [-0.25, -0.2) is 0 Å². The van der Waals surface area contributed by atoms with Gasteiger partial charge >= 0.3 is 0 Å². The van der Waals surface area contributed by atoms with Crippen LogP contribution in [-0.2, 0) is 0 Å². The first-order valence-corrected chi connectivity index (χ1v) is 8.21.